The Bertz CT molecular complexity index is 604. The van der Waals surface area contributed by atoms with Crippen LogP contribution in [0.4, 0.5) is 4.39 Å². The Morgan fingerprint density at radius 1 is 1.16 bits per heavy atom. The lowest BCUT2D eigenvalue weighted by Crippen LogP contribution is -2.18. The van der Waals surface area contributed by atoms with Gasteiger partial charge in [0, 0.05) is 8.04 Å². The lowest BCUT2D eigenvalue weighted by atomic mass is 9.99. The van der Waals surface area contributed by atoms with Gasteiger partial charge in [0.1, 0.15) is 5.82 Å². The lowest BCUT2D eigenvalue weighted by molar-refractivity contribution is 0.616. The summed E-state index contributed by atoms with van der Waals surface area (Å²) in [6.07, 6.45) is 0. The lowest BCUT2D eigenvalue weighted by Gasteiger charge is -2.19. The van der Waals surface area contributed by atoms with Gasteiger partial charge in [0.15, 0.2) is 0 Å². The Labute approximate surface area is 142 Å². The maximum Gasteiger partial charge on any atom is 0.137 e. The van der Waals surface area contributed by atoms with E-state index in [-0.39, 0.29) is 11.9 Å². The predicted molar refractivity (Wildman–Crippen MR) is 91.9 cm³/mol. The molecule has 0 aliphatic carbocycles. The number of hydrogen-bond donors (Lipinski definition) is 1. The first-order valence-corrected chi connectivity index (χ1v) is 8.26. The van der Waals surface area contributed by atoms with Crippen molar-refractivity contribution in [2.24, 2.45) is 0 Å². The molecule has 1 atom stereocenters. The predicted octanol–water partition coefficient (Wildman–Crippen LogP) is 5.26. The standard InChI is InChI=1S/C14H11Br2FIN/c1-19-14(8-2-4-12(17)11(16)6-8)10-7-9(15)3-5-13(10)18/h2-7,14,19H,1H3. The molecule has 0 radical (unpaired) electrons. The minimum atomic E-state index is -0.248. The molecule has 0 spiro atoms. The highest BCUT2D eigenvalue weighted by molar-refractivity contribution is 14.1. The van der Waals surface area contributed by atoms with E-state index in [2.05, 4.69) is 71.9 Å². The molecule has 0 aromatic heterocycles. The van der Waals surface area contributed by atoms with E-state index >= 15 is 0 Å². The third kappa shape index (κ3) is 3.56. The van der Waals surface area contributed by atoms with Gasteiger partial charge in [-0.25, -0.2) is 4.39 Å². The van der Waals surface area contributed by atoms with Crippen LogP contribution < -0.4 is 5.32 Å². The molecular weight excluding hydrogens is 488 g/mol. The first-order chi connectivity index (χ1) is 9.02. The number of benzene rings is 2. The van der Waals surface area contributed by atoms with Gasteiger partial charge in [-0.1, -0.05) is 22.0 Å². The summed E-state index contributed by atoms with van der Waals surface area (Å²) in [5.74, 6) is -0.248. The minimum absolute atomic E-state index is 0.0290. The molecule has 5 heteroatoms. The van der Waals surface area contributed by atoms with E-state index in [1.807, 2.05) is 19.2 Å². The normalized spacial score (nSPS) is 12.5. The second-order valence-corrected chi connectivity index (χ2v) is 6.99. The second kappa shape index (κ2) is 6.65. The number of rotatable bonds is 3. The number of nitrogens with one attached hydrogen (secondary N) is 1. The van der Waals surface area contributed by atoms with Gasteiger partial charge in [-0.05, 0) is 87.0 Å². The first-order valence-electron chi connectivity index (χ1n) is 5.60. The Balaban J connectivity index is 2.49. The Morgan fingerprint density at radius 2 is 1.89 bits per heavy atom. The molecule has 2 aromatic rings. The van der Waals surface area contributed by atoms with Crippen LogP contribution in [0, 0.1) is 9.39 Å². The highest BCUT2D eigenvalue weighted by Crippen LogP contribution is 2.30. The number of halogens is 4. The fraction of sp³-hybridized carbons (Fsp3) is 0.143. The fourth-order valence-electron chi connectivity index (χ4n) is 1.93. The summed E-state index contributed by atoms with van der Waals surface area (Å²) in [6.45, 7) is 0. The molecule has 1 nitrogen and oxygen atoms in total. The summed E-state index contributed by atoms with van der Waals surface area (Å²) in [4.78, 5) is 0. The SMILES string of the molecule is CNC(c1ccc(F)c(Br)c1)c1cc(Br)ccc1I. The van der Waals surface area contributed by atoms with Crippen LogP contribution in [0.25, 0.3) is 0 Å². The summed E-state index contributed by atoms with van der Waals surface area (Å²) in [6, 6.07) is 11.3. The fourth-order valence-corrected chi connectivity index (χ4v) is 3.35. The first kappa shape index (κ1) is 15.4. The van der Waals surface area contributed by atoms with Crippen LogP contribution in [0.1, 0.15) is 17.2 Å². The molecule has 19 heavy (non-hydrogen) atoms. The van der Waals surface area contributed by atoms with Gasteiger partial charge in [-0.3, -0.25) is 0 Å². The van der Waals surface area contributed by atoms with Gasteiger partial charge in [0.05, 0.1) is 10.5 Å². The van der Waals surface area contributed by atoms with Crippen LogP contribution >= 0.6 is 54.5 Å². The maximum absolute atomic E-state index is 13.3. The molecule has 0 saturated carbocycles. The van der Waals surface area contributed by atoms with Crippen LogP contribution in [0.15, 0.2) is 45.3 Å². The summed E-state index contributed by atoms with van der Waals surface area (Å²) in [5.41, 5.74) is 2.18. The zero-order valence-corrected chi connectivity index (χ0v) is 15.4. The zero-order chi connectivity index (χ0) is 14.0. The van der Waals surface area contributed by atoms with Gasteiger partial charge < -0.3 is 5.32 Å². The highest BCUT2D eigenvalue weighted by Gasteiger charge is 2.16. The average molecular weight is 499 g/mol. The number of hydrogen-bond acceptors (Lipinski definition) is 1. The van der Waals surface area contributed by atoms with Crippen molar-refractivity contribution >= 4 is 54.5 Å². The molecule has 0 heterocycles. The summed E-state index contributed by atoms with van der Waals surface area (Å²) < 4.78 is 16.0. The molecule has 2 aromatic carbocycles. The van der Waals surface area contributed by atoms with Crippen LogP contribution in [-0.4, -0.2) is 7.05 Å². The summed E-state index contributed by atoms with van der Waals surface area (Å²) in [5, 5.41) is 3.28. The van der Waals surface area contributed by atoms with Crippen molar-refractivity contribution in [3.63, 3.8) is 0 Å². The van der Waals surface area contributed by atoms with Crippen molar-refractivity contribution in [3.8, 4) is 0 Å². The van der Waals surface area contributed by atoms with E-state index in [1.54, 1.807) is 6.07 Å². The molecule has 0 fully saturated rings. The van der Waals surface area contributed by atoms with Crippen molar-refractivity contribution in [3.05, 3.63) is 65.9 Å². The molecule has 2 rings (SSSR count). The molecule has 1 N–H and O–H groups in total. The molecule has 0 amide bonds. The Morgan fingerprint density at radius 3 is 2.53 bits per heavy atom. The molecule has 0 aliphatic heterocycles. The van der Waals surface area contributed by atoms with E-state index in [0.717, 1.165) is 15.6 Å². The van der Waals surface area contributed by atoms with Crippen LogP contribution in [0.2, 0.25) is 0 Å². The van der Waals surface area contributed by atoms with E-state index in [9.17, 15) is 4.39 Å². The molecule has 100 valence electrons. The monoisotopic (exact) mass is 497 g/mol. The van der Waals surface area contributed by atoms with Gasteiger partial charge in [-0.15, -0.1) is 0 Å². The molecule has 0 aliphatic rings. The van der Waals surface area contributed by atoms with Crippen LogP contribution in [-0.2, 0) is 0 Å². The van der Waals surface area contributed by atoms with E-state index in [4.69, 9.17) is 0 Å². The third-order valence-electron chi connectivity index (χ3n) is 2.83. The second-order valence-electron chi connectivity index (χ2n) is 4.06. The Hall–Kier alpha value is 0.0200. The average Bonchev–Trinajstić information content (AvgIpc) is 2.38. The molecule has 1 unspecified atom stereocenters. The zero-order valence-electron chi connectivity index (χ0n) is 10.1. The Kier molecular flexibility index (Phi) is 5.39. The maximum atomic E-state index is 13.3. The minimum Gasteiger partial charge on any atom is -0.309 e. The summed E-state index contributed by atoms with van der Waals surface area (Å²) >= 11 is 9.04. The van der Waals surface area contributed by atoms with Gasteiger partial charge in [-0.2, -0.15) is 0 Å². The van der Waals surface area contributed by atoms with Crippen molar-refractivity contribution in [2.45, 2.75) is 6.04 Å². The third-order valence-corrected chi connectivity index (χ3v) is 4.92. The van der Waals surface area contributed by atoms with Crippen molar-refractivity contribution in [1.82, 2.24) is 5.32 Å². The van der Waals surface area contributed by atoms with Crippen molar-refractivity contribution in [1.29, 1.82) is 0 Å². The largest absolute Gasteiger partial charge is 0.309 e. The summed E-state index contributed by atoms with van der Waals surface area (Å²) in [7, 11) is 1.90. The van der Waals surface area contributed by atoms with Gasteiger partial charge in [0.2, 0.25) is 0 Å². The highest BCUT2D eigenvalue weighted by atomic mass is 127. The van der Waals surface area contributed by atoms with Crippen LogP contribution in [0.5, 0.6) is 0 Å². The van der Waals surface area contributed by atoms with E-state index in [1.165, 1.54) is 9.64 Å². The van der Waals surface area contributed by atoms with Gasteiger partial charge in [0.25, 0.3) is 0 Å². The molecular formula is C14H11Br2FIN. The molecule has 0 bridgehead atoms. The van der Waals surface area contributed by atoms with E-state index < -0.39 is 0 Å². The van der Waals surface area contributed by atoms with E-state index in [0.29, 0.717) is 4.47 Å². The molecule has 0 saturated heterocycles. The smallest absolute Gasteiger partial charge is 0.137 e. The van der Waals surface area contributed by atoms with Crippen LogP contribution in [0.3, 0.4) is 0 Å². The van der Waals surface area contributed by atoms with Crippen molar-refractivity contribution < 1.29 is 4.39 Å². The topological polar surface area (TPSA) is 12.0 Å². The quantitative estimate of drug-likeness (QED) is 0.569. The van der Waals surface area contributed by atoms with Gasteiger partial charge >= 0.3 is 0 Å². The van der Waals surface area contributed by atoms with Crippen molar-refractivity contribution in [2.75, 3.05) is 7.05 Å².